The molecular formula is C16H20NO3-. The lowest BCUT2D eigenvalue weighted by Gasteiger charge is -2.34. The van der Waals surface area contributed by atoms with Crippen molar-refractivity contribution in [2.45, 2.75) is 39.2 Å². The van der Waals surface area contributed by atoms with Gasteiger partial charge in [0.05, 0.1) is 5.97 Å². The summed E-state index contributed by atoms with van der Waals surface area (Å²) in [6.45, 7) is 4.33. The lowest BCUT2D eigenvalue weighted by atomic mass is 9.78. The Balaban J connectivity index is 2.14. The van der Waals surface area contributed by atoms with Gasteiger partial charge in [-0.15, -0.1) is 0 Å². The number of carbonyl (C=O) groups is 2. The number of rotatable bonds is 3. The number of hydrogen-bond donors (Lipinski definition) is 1. The van der Waals surface area contributed by atoms with Crippen molar-refractivity contribution in [2.75, 3.05) is 0 Å². The predicted molar refractivity (Wildman–Crippen MR) is 74.2 cm³/mol. The summed E-state index contributed by atoms with van der Waals surface area (Å²) in [5, 5.41) is 14.0. The first-order chi connectivity index (χ1) is 9.50. The molecule has 1 N–H and O–H groups in total. The number of carbonyl (C=O) groups excluding carboxylic acids is 2. The fraction of sp³-hybridized carbons (Fsp3) is 0.500. The molecule has 3 unspecified atom stereocenters. The molecule has 1 aromatic rings. The molecule has 2 rings (SSSR count). The molecule has 4 nitrogen and oxygen atoms in total. The van der Waals surface area contributed by atoms with Crippen LogP contribution in [0, 0.1) is 11.8 Å². The van der Waals surface area contributed by atoms with Crippen LogP contribution < -0.4 is 10.4 Å². The monoisotopic (exact) mass is 274 g/mol. The fourth-order valence-electron chi connectivity index (χ4n) is 2.89. The number of carboxylic acid groups (broad SMARTS) is 1. The molecule has 1 aromatic carbocycles. The van der Waals surface area contributed by atoms with Crippen LogP contribution in [0.3, 0.4) is 0 Å². The van der Waals surface area contributed by atoms with E-state index in [-0.39, 0.29) is 23.1 Å². The van der Waals surface area contributed by atoms with E-state index in [0.29, 0.717) is 11.8 Å². The Bertz CT molecular complexity index is 512. The highest BCUT2D eigenvalue weighted by Crippen LogP contribution is 2.29. The molecule has 0 bridgehead atoms. The SMILES string of the molecule is CC1CCCC(NC(=O)c2ccccc2C(=O)[O-])C1C. The molecule has 3 atom stereocenters. The Hall–Kier alpha value is -1.84. The number of nitrogens with one attached hydrogen (secondary N) is 1. The topological polar surface area (TPSA) is 69.2 Å². The molecule has 0 aromatic heterocycles. The molecule has 108 valence electrons. The predicted octanol–water partition coefficient (Wildman–Crippen LogP) is 1.60. The van der Waals surface area contributed by atoms with Crippen molar-refractivity contribution >= 4 is 11.9 Å². The van der Waals surface area contributed by atoms with E-state index in [4.69, 9.17) is 0 Å². The first kappa shape index (κ1) is 14.6. The van der Waals surface area contributed by atoms with Gasteiger partial charge in [-0.05, 0) is 24.3 Å². The molecule has 0 spiro atoms. The Kier molecular flexibility index (Phi) is 4.42. The molecule has 0 aliphatic heterocycles. The number of amides is 1. The first-order valence-electron chi connectivity index (χ1n) is 7.12. The van der Waals surface area contributed by atoms with Gasteiger partial charge in [-0.2, -0.15) is 0 Å². The summed E-state index contributed by atoms with van der Waals surface area (Å²) in [4.78, 5) is 23.3. The summed E-state index contributed by atoms with van der Waals surface area (Å²) in [5.74, 6) is -0.662. The van der Waals surface area contributed by atoms with E-state index >= 15 is 0 Å². The van der Waals surface area contributed by atoms with Crippen LogP contribution in [0.2, 0.25) is 0 Å². The summed E-state index contributed by atoms with van der Waals surface area (Å²) >= 11 is 0. The zero-order chi connectivity index (χ0) is 14.7. The molecule has 1 amide bonds. The molecule has 1 saturated carbocycles. The highest BCUT2D eigenvalue weighted by atomic mass is 16.4. The van der Waals surface area contributed by atoms with Crippen LogP contribution in [-0.4, -0.2) is 17.9 Å². The van der Waals surface area contributed by atoms with Crippen molar-refractivity contribution in [3.8, 4) is 0 Å². The van der Waals surface area contributed by atoms with E-state index in [1.54, 1.807) is 12.1 Å². The minimum Gasteiger partial charge on any atom is -0.545 e. The van der Waals surface area contributed by atoms with Gasteiger partial charge >= 0.3 is 0 Å². The van der Waals surface area contributed by atoms with E-state index in [2.05, 4.69) is 19.2 Å². The second-order valence-electron chi connectivity index (χ2n) is 5.68. The molecule has 4 heteroatoms. The molecule has 20 heavy (non-hydrogen) atoms. The quantitative estimate of drug-likeness (QED) is 0.910. The standard InChI is InChI=1S/C16H21NO3/c1-10-6-5-9-14(11(10)2)17-15(18)12-7-3-4-8-13(12)16(19)20/h3-4,7-8,10-11,14H,5-6,9H2,1-2H3,(H,17,18)(H,19,20)/p-1. The van der Waals surface area contributed by atoms with Crippen LogP contribution in [0.1, 0.15) is 53.8 Å². The van der Waals surface area contributed by atoms with Gasteiger partial charge in [0.2, 0.25) is 0 Å². The Morgan fingerprint density at radius 2 is 1.80 bits per heavy atom. The highest BCUT2D eigenvalue weighted by Gasteiger charge is 2.28. The zero-order valence-electron chi connectivity index (χ0n) is 11.9. The third kappa shape index (κ3) is 3.00. The van der Waals surface area contributed by atoms with Gasteiger partial charge < -0.3 is 15.2 Å². The van der Waals surface area contributed by atoms with Gasteiger partial charge in [-0.25, -0.2) is 0 Å². The number of carboxylic acids is 1. The summed E-state index contributed by atoms with van der Waals surface area (Å²) in [6, 6.07) is 6.29. The van der Waals surface area contributed by atoms with Gasteiger partial charge in [0.15, 0.2) is 0 Å². The molecule has 0 heterocycles. The average Bonchev–Trinajstić information content (AvgIpc) is 2.43. The number of benzene rings is 1. The van der Waals surface area contributed by atoms with Gasteiger partial charge in [0.25, 0.3) is 5.91 Å². The van der Waals surface area contributed by atoms with Crippen LogP contribution in [0.15, 0.2) is 24.3 Å². The second-order valence-corrected chi connectivity index (χ2v) is 5.68. The van der Waals surface area contributed by atoms with Crippen molar-refractivity contribution in [1.82, 2.24) is 5.32 Å². The molecule has 1 fully saturated rings. The van der Waals surface area contributed by atoms with Crippen molar-refractivity contribution in [3.05, 3.63) is 35.4 Å². The van der Waals surface area contributed by atoms with Crippen molar-refractivity contribution in [2.24, 2.45) is 11.8 Å². The first-order valence-corrected chi connectivity index (χ1v) is 7.12. The van der Waals surface area contributed by atoms with E-state index in [1.165, 1.54) is 18.6 Å². The largest absolute Gasteiger partial charge is 0.545 e. The van der Waals surface area contributed by atoms with Crippen molar-refractivity contribution in [3.63, 3.8) is 0 Å². The van der Waals surface area contributed by atoms with Gasteiger partial charge in [-0.3, -0.25) is 4.79 Å². The van der Waals surface area contributed by atoms with Gasteiger partial charge in [0, 0.05) is 17.2 Å². The molecule has 1 aliphatic carbocycles. The van der Waals surface area contributed by atoms with Gasteiger partial charge in [0.1, 0.15) is 0 Å². The summed E-state index contributed by atoms with van der Waals surface area (Å²) in [5.41, 5.74) is 0.124. The Labute approximate surface area is 119 Å². The normalized spacial score (nSPS) is 26.0. The minimum absolute atomic E-state index is 0.0542. The lowest BCUT2D eigenvalue weighted by Crippen LogP contribution is -2.44. The smallest absolute Gasteiger partial charge is 0.252 e. The molecular weight excluding hydrogens is 254 g/mol. The van der Waals surface area contributed by atoms with Crippen LogP contribution >= 0.6 is 0 Å². The van der Waals surface area contributed by atoms with Crippen LogP contribution in [0.5, 0.6) is 0 Å². The number of aromatic carboxylic acids is 1. The van der Waals surface area contributed by atoms with E-state index < -0.39 is 5.97 Å². The maximum absolute atomic E-state index is 12.3. The summed E-state index contributed by atoms with van der Waals surface area (Å²) in [7, 11) is 0. The highest BCUT2D eigenvalue weighted by molar-refractivity contribution is 6.04. The van der Waals surface area contributed by atoms with Crippen LogP contribution in [0.4, 0.5) is 0 Å². The summed E-state index contributed by atoms with van der Waals surface area (Å²) < 4.78 is 0. The maximum Gasteiger partial charge on any atom is 0.252 e. The van der Waals surface area contributed by atoms with E-state index in [0.717, 1.165) is 12.8 Å². The average molecular weight is 274 g/mol. The Morgan fingerprint density at radius 1 is 1.15 bits per heavy atom. The third-order valence-corrected chi connectivity index (χ3v) is 4.41. The molecule has 0 radical (unpaired) electrons. The summed E-state index contributed by atoms with van der Waals surface area (Å²) in [6.07, 6.45) is 3.23. The van der Waals surface area contributed by atoms with Crippen molar-refractivity contribution in [1.29, 1.82) is 0 Å². The molecule has 0 saturated heterocycles. The zero-order valence-corrected chi connectivity index (χ0v) is 11.9. The lowest BCUT2D eigenvalue weighted by molar-refractivity contribution is -0.255. The second kappa shape index (κ2) is 6.07. The third-order valence-electron chi connectivity index (χ3n) is 4.41. The molecule has 1 aliphatic rings. The fourth-order valence-corrected chi connectivity index (χ4v) is 2.89. The van der Waals surface area contributed by atoms with E-state index in [9.17, 15) is 14.7 Å². The number of hydrogen-bond acceptors (Lipinski definition) is 3. The maximum atomic E-state index is 12.3. The van der Waals surface area contributed by atoms with Gasteiger partial charge in [-0.1, -0.05) is 44.9 Å². The van der Waals surface area contributed by atoms with E-state index in [1.807, 2.05) is 0 Å². The van der Waals surface area contributed by atoms with Crippen LogP contribution in [0.25, 0.3) is 0 Å². The van der Waals surface area contributed by atoms with Crippen molar-refractivity contribution < 1.29 is 14.7 Å². The minimum atomic E-state index is -1.32. The Morgan fingerprint density at radius 3 is 2.45 bits per heavy atom. The van der Waals surface area contributed by atoms with Crippen LogP contribution in [-0.2, 0) is 0 Å².